The third-order valence-electron chi connectivity index (χ3n) is 7.78. The summed E-state index contributed by atoms with van der Waals surface area (Å²) in [7, 11) is 0. The number of carbonyl (C=O) groups is 1. The van der Waals surface area contributed by atoms with E-state index in [0.29, 0.717) is 25.4 Å². The van der Waals surface area contributed by atoms with Crippen LogP contribution in [0.5, 0.6) is 11.5 Å². The number of hydrogen-bond acceptors (Lipinski definition) is 6. The van der Waals surface area contributed by atoms with Gasteiger partial charge in [0.2, 0.25) is 0 Å². The number of aromatic nitrogens is 3. The number of ether oxygens (including phenoxy) is 2. The van der Waals surface area contributed by atoms with E-state index in [-0.39, 0.29) is 23.7 Å². The van der Waals surface area contributed by atoms with Gasteiger partial charge in [0, 0.05) is 67.0 Å². The second-order valence-corrected chi connectivity index (χ2v) is 10.6. The topological polar surface area (TPSA) is 95.6 Å². The van der Waals surface area contributed by atoms with Crippen molar-refractivity contribution in [3.8, 4) is 11.5 Å². The van der Waals surface area contributed by atoms with Crippen LogP contribution in [0.1, 0.15) is 25.7 Å². The summed E-state index contributed by atoms with van der Waals surface area (Å²) < 4.78 is 46.8. The van der Waals surface area contributed by atoms with E-state index in [1.54, 1.807) is 6.20 Å². The molecule has 4 aromatic rings. The summed E-state index contributed by atoms with van der Waals surface area (Å²) in [6.07, 6.45) is 4.24. The number of hydrogen-bond donors (Lipinski definition) is 2. The van der Waals surface area contributed by atoms with Gasteiger partial charge >= 0.3 is 12.4 Å². The highest BCUT2D eigenvalue weighted by molar-refractivity contribution is 6.09. The van der Waals surface area contributed by atoms with Crippen LogP contribution in [0.25, 0.3) is 21.9 Å². The molecule has 2 fully saturated rings. The van der Waals surface area contributed by atoms with Gasteiger partial charge in [0.25, 0.3) is 0 Å². The SMILES string of the molecule is O=C(NC1CCN(c2ccnc3cnc4[nH]ccc4c23)CC1)N1CCCC(COc2ccc(OC(F)(F)F)cc2)C1. The Labute approximate surface area is 234 Å². The Morgan fingerprint density at radius 3 is 2.59 bits per heavy atom. The summed E-state index contributed by atoms with van der Waals surface area (Å²) in [6, 6.07) is 9.47. The molecule has 1 aromatic carbocycles. The maximum atomic E-state index is 13.1. The second kappa shape index (κ2) is 11.3. The number of likely N-dealkylation sites (tertiary alicyclic amines) is 1. The molecule has 9 nitrogen and oxygen atoms in total. The van der Waals surface area contributed by atoms with Crippen LogP contribution < -0.4 is 19.7 Å². The number of piperidine rings is 2. The van der Waals surface area contributed by atoms with Crippen molar-refractivity contribution in [2.45, 2.75) is 38.1 Å². The fourth-order valence-electron chi connectivity index (χ4n) is 5.77. The number of urea groups is 1. The first-order valence-corrected chi connectivity index (χ1v) is 13.8. The van der Waals surface area contributed by atoms with Gasteiger partial charge in [-0.2, -0.15) is 0 Å². The molecule has 41 heavy (non-hydrogen) atoms. The van der Waals surface area contributed by atoms with Gasteiger partial charge in [-0.25, -0.2) is 9.78 Å². The van der Waals surface area contributed by atoms with Gasteiger partial charge in [0.05, 0.1) is 18.3 Å². The normalized spacial score (nSPS) is 18.6. The lowest BCUT2D eigenvalue weighted by Gasteiger charge is -2.37. The molecule has 0 aliphatic carbocycles. The highest BCUT2D eigenvalue weighted by Gasteiger charge is 2.31. The van der Waals surface area contributed by atoms with Crippen LogP contribution in [-0.4, -0.2) is 71.1 Å². The fourth-order valence-corrected chi connectivity index (χ4v) is 5.77. The third kappa shape index (κ3) is 6.26. The highest BCUT2D eigenvalue weighted by Crippen LogP contribution is 2.33. The van der Waals surface area contributed by atoms with Crippen LogP contribution in [0, 0.1) is 5.92 Å². The van der Waals surface area contributed by atoms with Crippen LogP contribution in [0.15, 0.2) is 55.0 Å². The van der Waals surface area contributed by atoms with E-state index >= 15 is 0 Å². The molecule has 216 valence electrons. The summed E-state index contributed by atoms with van der Waals surface area (Å²) in [5, 5.41) is 5.37. The minimum Gasteiger partial charge on any atom is -0.493 e. The summed E-state index contributed by atoms with van der Waals surface area (Å²) in [5.41, 5.74) is 2.84. The Morgan fingerprint density at radius 1 is 1.02 bits per heavy atom. The fraction of sp³-hybridized carbons (Fsp3) is 0.414. The van der Waals surface area contributed by atoms with Crippen molar-refractivity contribution in [3.05, 3.63) is 55.0 Å². The Morgan fingerprint density at radius 2 is 1.80 bits per heavy atom. The van der Waals surface area contributed by atoms with Crippen molar-refractivity contribution >= 4 is 33.7 Å². The molecule has 0 radical (unpaired) electrons. The third-order valence-corrected chi connectivity index (χ3v) is 7.78. The van der Waals surface area contributed by atoms with Gasteiger partial charge in [-0.1, -0.05) is 0 Å². The first-order valence-electron chi connectivity index (χ1n) is 13.8. The highest BCUT2D eigenvalue weighted by atomic mass is 19.4. The van der Waals surface area contributed by atoms with Gasteiger partial charge < -0.3 is 29.6 Å². The number of nitrogens with zero attached hydrogens (tertiary/aromatic N) is 4. The molecule has 1 unspecified atom stereocenters. The number of H-pyrrole nitrogens is 1. The predicted octanol–water partition coefficient (Wildman–Crippen LogP) is 5.48. The van der Waals surface area contributed by atoms with Crippen molar-refractivity contribution in [1.29, 1.82) is 0 Å². The number of fused-ring (bicyclic) bond motifs is 3. The number of aromatic amines is 1. The molecule has 5 heterocycles. The lowest BCUT2D eigenvalue weighted by atomic mass is 9.99. The van der Waals surface area contributed by atoms with E-state index in [1.165, 1.54) is 24.3 Å². The number of anilines is 1. The zero-order chi connectivity index (χ0) is 28.4. The number of rotatable bonds is 6. The molecule has 2 aliphatic heterocycles. The maximum Gasteiger partial charge on any atom is 0.573 e. The summed E-state index contributed by atoms with van der Waals surface area (Å²) >= 11 is 0. The van der Waals surface area contributed by atoms with Crippen LogP contribution in [0.4, 0.5) is 23.7 Å². The molecule has 0 bridgehead atoms. The standard InChI is InChI=1S/C29H31F3N6O3/c30-29(31,32)41-22-5-3-21(4-6-22)40-18-19-2-1-13-38(17-19)28(39)36-20-9-14-37(15-10-20)25-8-12-33-24-16-35-27-23(26(24)25)7-11-34-27/h3-8,11-12,16,19-20H,1-2,9-10,13-15,17-18H2,(H,34,35)(H,36,39). The van der Waals surface area contributed by atoms with Gasteiger partial charge in [0.15, 0.2) is 0 Å². The first kappa shape index (κ1) is 27.0. The molecule has 0 spiro atoms. The van der Waals surface area contributed by atoms with E-state index in [0.717, 1.165) is 66.4 Å². The van der Waals surface area contributed by atoms with Crippen molar-refractivity contribution in [2.24, 2.45) is 5.92 Å². The first-order chi connectivity index (χ1) is 19.8. The maximum absolute atomic E-state index is 13.1. The van der Waals surface area contributed by atoms with Gasteiger partial charge in [-0.3, -0.25) is 4.98 Å². The molecule has 12 heteroatoms. The van der Waals surface area contributed by atoms with Gasteiger partial charge in [0.1, 0.15) is 17.1 Å². The summed E-state index contributed by atoms with van der Waals surface area (Å²) in [5.74, 6) is 0.311. The minimum atomic E-state index is -4.73. The quantitative estimate of drug-likeness (QED) is 0.320. The molecule has 6 rings (SSSR count). The molecule has 1 atom stereocenters. The van der Waals surface area contributed by atoms with Crippen LogP contribution in [0.2, 0.25) is 0 Å². The van der Waals surface area contributed by atoms with Crippen molar-refractivity contribution in [2.75, 3.05) is 37.7 Å². The van der Waals surface area contributed by atoms with Crippen molar-refractivity contribution in [3.63, 3.8) is 0 Å². The van der Waals surface area contributed by atoms with Crippen molar-refractivity contribution < 1.29 is 27.4 Å². The van der Waals surface area contributed by atoms with Crippen LogP contribution >= 0.6 is 0 Å². The Kier molecular flexibility index (Phi) is 7.46. The molecular weight excluding hydrogens is 537 g/mol. The number of carbonyl (C=O) groups excluding carboxylic acids is 1. The Balaban J connectivity index is 0.996. The van der Waals surface area contributed by atoms with Crippen molar-refractivity contribution in [1.82, 2.24) is 25.2 Å². The molecule has 2 aliphatic rings. The largest absolute Gasteiger partial charge is 0.573 e. The monoisotopic (exact) mass is 568 g/mol. The van der Waals surface area contributed by atoms with E-state index in [2.05, 4.69) is 29.9 Å². The Hall–Kier alpha value is -4.22. The van der Waals surface area contributed by atoms with E-state index in [9.17, 15) is 18.0 Å². The average Bonchev–Trinajstić information content (AvgIpc) is 3.46. The number of halogens is 3. The molecule has 0 saturated carbocycles. The minimum absolute atomic E-state index is 0.0590. The zero-order valence-corrected chi connectivity index (χ0v) is 22.4. The molecule has 2 amide bonds. The molecule has 2 saturated heterocycles. The van der Waals surface area contributed by atoms with Gasteiger partial charge in [-0.15, -0.1) is 13.2 Å². The van der Waals surface area contributed by atoms with E-state index in [4.69, 9.17) is 4.74 Å². The number of alkyl halides is 3. The number of amides is 2. The predicted molar refractivity (Wildman–Crippen MR) is 148 cm³/mol. The van der Waals surface area contributed by atoms with E-state index < -0.39 is 6.36 Å². The summed E-state index contributed by atoms with van der Waals surface area (Å²) in [6.45, 7) is 3.28. The van der Waals surface area contributed by atoms with Gasteiger partial charge in [-0.05, 0) is 62.1 Å². The molecular formula is C29H31F3N6O3. The second-order valence-electron chi connectivity index (χ2n) is 10.6. The lowest BCUT2D eigenvalue weighted by Crippen LogP contribution is -2.52. The summed E-state index contributed by atoms with van der Waals surface area (Å²) in [4.78, 5) is 29.5. The lowest BCUT2D eigenvalue weighted by molar-refractivity contribution is -0.274. The van der Waals surface area contributed by atoms with Crippen LogP contribution in [0.3, 0.4) is 0 Å². The molecule has 2 N–H and O–H groups in total. The zero-order valence-electron chi connectivity index (χ0n) is 22.4. The van der Waals surface area contributed by atoms with Crippen LogP contribution in [-0.2, 0) is 0 Å². The number of pyridine rings is 2. The molecule has 3 aromatic heterocycles. The average molecular weight is 569 g/mol. The number of nitrogens with one attached hydrogen (secondary N) is 2. The number of benzene rings is 1. The smallest absolute Gasteiger partial charge is 0.493 e. The van der Waals surface area contributed by atoms with E-state index in [1.807, 2.05) is 29.4 Å². The Bertz CT molecular complexity index is 1500.